The Morgan fingerprint density at radius 2 is 2.16 bits per heavy atom. The van der Waals surface area contributed by atoms with E-state index in [0.29, 0.717) is 31.5 Å². The molecule has 4 nitrogen and oxygen atoms in total. The van der Waals surface area contributed by atoms with E-state index in [0.717, 1.165) is 37.4 Å². The van der Waals surface area contributed by atoms with Crippen molar-refractivity contribution in [1.82, 2.24) is 9.03 Å². The molecule has 1 N–H and O–H groups in total. The lowest BCUT2D eigenvalue weighted by molar-refractivity contribution is 0.277. The summed E-state index contributed by atoms with van der Waals surface area (Å²) in [5.74, 6) is 0.903. The highest BCUT2D eigenvalue weighted by Crippen LogP contribution is 2.18. The van der Waals surface area contributed by atoms with Gasteiger partial charge in [0.25, 0.3) is 10.2 Å². The predicted molar refractivity (Wildman–Crippen MR) is 83.7 cm³/mol. The Balaban J connectivity index is 2.48. The maximum Gasteiger partial charge on any atom is 0.279 e. The Kier molecular flexibility index (Phi) is 7.87. The van der Waals surface area contributed by atoms with Crippen molar-refractivity contribution in [3.63, 3.8) is 0 Å². The molecule has 6 heteroatoms. The third kappa shape index (κ3) is 6.10. The molecule has 0 amide bonds. The molecule has 0 aromatic carbocycles. The molecule has 114 valence electrons. The van der Waals surface area contributed by atoms with E-state index in [9.17, 15) is 8.42 Å². The molecule has 2 atom stereocenters. The van der Waals surface area contributed by atoms with Crippen LogP contribution in [0, 0.1) is 11.8 Å². The summed E-state index contributed by atoms with van der Waals surface area (Å²) in [4.78, 5) is 0. The summed E-state index contributed by atoms with van der Waals surface area (Å²) in [5.41, 5.74) is 0. The first-order valence-corrected chi connectivity index (χ1v) is 9.86. The molecule has 19 heavy (non-hydrogen) atoms. The van der Waals surface area contributed by atoms with Gasteiger partial charge >= 0.3 is 0 Å². The first kappa shape index (κ1) is 17.4. The molecule has 0 aromatic rings. The summed E-state index contributed by atoms with van der Waals surface area (Å²) >= 11 is 3.44. The van der Waals surface area contributed by atoms with Gasteiger partial charge in [-0.25, -0.2) is 4.72 Å². The van der Waals surface area contributed by atoms with Crippen LogP contribution in [0.5, 0.6) is 0 Å². The summed E-state index contributed by atoms with van der Waals surface area (Å²) < 4.78 is 28.9. The van der Waals surface area contributed by atoms with Gasteiger partial charge in [0.15, 0.2) is 0 Å². The highest BCUT2D eigenvalue weighted by molar-refractivity contribution is 9.09. The summed E-state index contributed by atoms with van der Waals surface area (Å²) in [5, 5.41) is 0.931. The number of nitrogens with zero attached hydrogens (tertiary/aromatic N) is 1. The van der Waals surface area contributed by atoms with Gasteiger partial charge in [0.1, 0.15) is 0 Å². The second-order valence-corrected chi connectivity index (χ2v) is 8.14. The standard InChI is InChI=1S/C13H27BrN2O2S/c1-3-5-13(7-8-14)10-15-19(17,18)16-9-4-6-12(2)11-16/h12-13,15H,3-11H2,1-2H3. The summed E-state index contributed by atoms with van der Waals surface area (Å²) in [6, 6.07) is 0. The normalized spacial score (nSPS) is 23.4. The van der Waals surface area contributed by atoms with Crippen LogP contribution in [-0.2, 0) is 10.2 Å². The Hall–Kier alpha value is 0.350. The van der Waals surface area contributed by atoms with Crippen LogP contribution in [-0.4, -0.2) is 37.7 Å². The first-order chi connectivity index (χ1) is 8.99. The van der Waals surface area contributed by atoms with Crippen LogP contribution in [0.4, 0.5) is 0 Å². The highest BCUT2D eigenvalue weighted by atomic mass is 79.9. The molecule has 0 spiro atoms. The van der Waals surface area contributed by atoms with Gasteiger partial charge in [-0.2, -0.15) is 12.7 Å². The number of nitrogens with one attached hydrogen (secondary N) is 1. The second-order valence-electron chi connectivity index (χ2n) is 5.59. The maximum absolute atomic E-state index is 12.2. The minimum absolute atomic E-state index is 0.432. The van der Waals surface area contributed by atoms with Crippen LogP contribution in [0.1, 0.15) is 46.0 Å². The van der Waals surface area contributed by atoms with Crippen molar-refractivity contribution in [3.8, 4) is 0 Å². The lowest BCUT2D eigenvalue weighted by Gasteiger charge is -2.30. The minimum Gasteiger partial charge on any atom is -0.202 e. The molecule has 1 aliphatic rings. The Morgan fingerprint density at radius 3 is 2.74 bits per heavy atom. The van der Waals surface area contributed by atoms with E-state index in [4.69, 9.17) is 0 Å². The zero-order chi connectivity index (χ0) is 14.3. The summed E-state index contributed by atoms with van der Waals surface area (Å²) in [6.45, 7) is 6.14. The van der Waals surface area contributed by atoms with Crippen molar-refractivity contribution < 1.29 is 8.42 Å². The van der Waals surface area contributed by atoms with Crippen molar-refractivity contribution in [2.45, 2.75) is 46.0 Å². The largest absolute Gasteiger partial charge is 0.279 e. The van der Waals surface area contributed by atoms with E-state index >= 15 is 0 Å². The SMILES string of the molecule is CCCC(CCBr)CNS(=O)(=O)N1CCCC(C)C1. The van der Waals surface area contributed by atoms with Gasteiger partial charge in [0.2, 0.25) is 0 Å². The topological polar surface area (TPSA) is 49.4 Å². The molecular weight excluding hydrogens is 328 g/mol. The van der Waals surface area contributed by atoms with Crippen molar-refractivity contribution in [2.24, 2.45) is 11.8 Å². The third-order valence-corrected chi connectivity index (χ3v) is 5.73. The van der Waals surface area contributed by atoms with Gasteiger partial charge in [-0.15, -0.1) is 0 Å². The third-order valence-electron chi connectivity index (χ3n) is 3.73. The molecule has 1 saturated heterocycles. The fourth-order valence-corrected chi connectivity index (χ4v) is 4.69. The fourth-order valence-electron chi connectivity index (χ4n) is 2.59. The van der Waals surface area contributed by atoms with Crippen LogP contribution in [0.25, 0.3) is 0 Å². The van der Waals surface area contributed by atoms with Crippen molar-refractivity contribution in [3.05, 3.63) is 0 Å². The molecule has 1 aliphatic heterocycles. The first-order valence-electron chi connectivity index (χ1n) is 7.30. The van der Waals surface area contributed by atoms with Crippen LogP contribution >= 0.6 is 15.9 Å². The Labute approximate surface area is 126 Å². The van der Waals surface area contributed by atoms with Gasteiger partial charge in [-0.05, 0) is 37.5 Å². The predicted octanol–water partition coefficient (Wildman–Crippen LogP) is 2.75. The van der Waals surface area contributed by atoms with Crippen LogP contribution < -0.4 is 4.72 Å². The van der Waals surface area contributed by atoms with Gasteiger partial charge in [-0.1, -0.05) is 36.2 Å². The van der Waals surface area contributed by atoms with Gasteiger partial charge in [0.05, 0.1) is 0 Å². The molecule has 1 heterocycles. The molecule has 2 unspecified atom stereocenters. The van der Waals surface area contributed by atoms with Crippen LogP contribution in [0.15, 0.2) is 0 Å². The number of piperidine rings is 1. The van der Waals surface area contributed by atoms with E-state index in [1.165, 1.54) is 0 Å². The maximum atomic E-state index is 12.2. The monoisotopic (exact) mass is 354 g/mol. The Morgan fingerprint density at radius 1 is 1.42 bits per heavy atom. The van der Waals surface area contributed by atoms with Gasteiger partial charge in [-0.3, -0.25) is 0 Å². The van der Waals surface area contributed by atoms with E-state index in [1.807, 2.05) is 0 Å². The molecule has 0 bridgehead atoms. The van der Waals surface area contributed by atoms with Crippen molar-refractivity contribution >= 4 is 26.1 Å². The average Bonchev–Trinajstić information content (AvgIpc) is 2.37. The molecular formula is C13H27BrN2O2S. The van der Waals surface area contributed by atoms with E-state index in [-0.39, 0.29) is 0 Å². The van der Waals surface area contributed by atoms with E-state index in [1.54, 1.807) is 4.31 Å². The number of alkyl halides is 1. The molecule has 1 fully saturated rings. The minimum atomic E-state index is -3.28. The van der Waals surface area contributed by atoms with Crippen LogP contribution in [0.2, 0.25) is 0 Å². The zero-order valence-corrected chi connectivity index (χ0v) is 14.5. The lowest BCUT2D eigenvalue weighted by atomic mass is 10.0. The van der Waals surface area contributed by atoms with Crippen molar-refractivity contribution in [1.29, 1.82) is 0 Å². The number of hydrogen-bond donors (Lipinski definition) is 1. The molecule has 0 aliphatic carbocycles. The number of halogens is 1. The van der Waals surface area contributed by atoms with Gasteiger partial charge in [0, 0.05) is 25.0 Å². The van der Waals surface area contributed by atoms with Crippen molar-refractivity contribution in [2.75, 3.05) is 25.0 Å². The summed E-state index contributed by atoms with van der Waals surface area (Å²) in [7, 11) is -3.28. The average molecular weight is 355 g/mol. The van der Waals surface area contributed by atoms with Crippen LogP contribution in [0.3, 0.4) is 0 Å². The highest BCUT2D eigenvalue weighted by Gasteiger charge is 2.27. The number of hydrogen-bond acceptors (Lipinski definition) is 2. The molecule has 1 rings (SSSR count). The molecule has 0 saturated carbocycles. The second kappa shape index (κ2) is 8.60. The lowest BCUT2D eigenvalue weighted by Crippen LogP contribution is -2.46. The zero-order valence-electron chi connectivity index (χ0n) is 12.1. The molecule has 0 aromatic heterocycles. The fraction of sp³-hybridized carbons (Fsp3) is 1.00. The van der Waals surface area contributed by atoms with E-state index in [2.05, 4.69) is 34.5 Å². The number of rotatable bonds is 8. The van der Waals surface area contributed by atoms with E-state index < -0.39 is 10.2 Å². The Bertz CT molecular complexity index is 343. The smallest absolute Gasteiger partial charge is 0.202 e. The van der Waals surface area contributed by atoms with Gasteiger partial charge < -0.3 is 0 Å². The molecule has 0 radical (unpaired) electrons. The summed E-state index contributed by atoms with van der Waals surface area (Å²) in [6.07, 6.45) is 5.30. The quantitative estimate of drug-likeness (QED) is 0.681.